The van der Waals surface area contributed by atoms with Crippen molar-refractivity contribution in [3.05, 3.63) is 33.8 Å². The Kier molecular flexibility index (Phi) is 4.85. The zero-order valence-corrected chi connectivity index (χ0v) is 13.3. The quantitative estimate of drug-likeness (QED) is 0.867. The first-order valence-electron chi connectivity index (χ1n) is 7.04. The van der Waals surface area contributed by atoms with Crippen LogP contribution in [-0.4, -0.2) is 13.1 Å². The average molecular weight is 310 g/mol. The van der Waals surface area contributed by atoms with E-state index < -0.39 is 0 Å². The van der Waals surface area contributed by atoms with E-state index in [-0.39, 0.29) is 0 Å². The Balaban J connectivity index is 2.19. The van der Waals surface area contributed by atoms with Crippen molar-refractivity contribution in [2.75, 3.05) is 13.1 Å². The van der Waals surface area contributed by atoms with Crippen LogP contribution in [0.2, 0.25) is 0 Å². The van der Waals surface area contributed by atoms with Gasteiger partial charge in [-0.25, -0.2) is 0 Å². The second-order valence-electron chi connectivity index (χ2n) is 6.00. The van der Waals surface area contributed by atoms with E-state index in [1.807, 2.05) is 0 Å². The Morgan fingerprint density at radius 1 is 1.39 bits per heavy atom. The Morgan fingerprint density at radius 3 is 2.83 bits per heavy atom. The second-order valence-corrected chi connectivity index (χ2v) is 6.85. The number of aryl methyl sites for hydroxylation is 1. The van der Waals surface area contributed by atoms with Crippen LogP contribution < -0.4 is 5.32 Å². The van der Waals surface area contributed by atoms with E-state index in [0.29, 0.717) is 0 Å². The summed E-state index contributed by atoms with van der Waals surface area (Å²) in [4.78, 5) is 0. The van der Waals surface area contributed by atoms with Gasteiger partial charge in [-0.2, -0.15) is 0 Å². The highest BCUT2D eigenvalue weighted by atomic mass is 79.9. The van der Waals surface area contributed by atoms with Crippen LogP contribution in [0, 0.1) is 18.8 Å². The van der Waals surface area contributed by atoms with Crippen molar-refractivity contribution < 1.29 is 0 Å². The molecule has 1 aromatic rings. The number of nitrogens with one attached hydrogen (secondary N) is 1. The van der Waals surface area contributed by atoms with Gasteiger partial charge >= 0.3 is 0 Å². The lowest BCUT2D eigenvalue weighted by molar-refractivity contribution is 0.280. The first-order chi connectivity index (χ1) is 8.58. The van der Waals surface area contributed by atoms with Crippen molar-refractivity contribution in [2.24, 2.45) is 11.8 Å². The molecule has 0 bridgehead atoms. The van der Waals surface area contributed by atoms with Gasteiger partial charge in [-0.15, -0.1) is 0 Å². The second kappa shape index (κ2) is 6.21. The van der Waals surface area contributed by atoms with E-state index in [4.69, 9.17) is 0 Å². The van der Waals surface area contributed by atoms with Crippen molar-refractivity contribution in [3.8, 4) is 0 Å². The van der Waals surface area contributed by atoms with Gasteiger partial charge in [-0.05, 0) is 67.8 Å². The van der Waals surface area contributed by atoms with Crippen molar-refractivity contribution >= 4 is 15.9 Å². The van der Waals surface area contributed by atoms with E-state index in [0.717, 1.165) is 24.3 Å². The molecule has 18 heavy (non-hydrogen) atoms. The SMILES string of the molecule is Cc1ccc(C2CCNCC2CC(C)C)cc1Br. The molecular formula is C16H24BrN. The van der Waals surface area contributed by atoms with Gasteiger partial charge in [0.2, 0.25) is 0 Å². The lowest BCUT2D eigenvalue weighted by Gasteiger charge is -2.34. The monoisotopic (exact) mass is 309 g/mol. The normalized spacial score (nSPS) is 24.5. The van der Waals surface area contributed by atoms with Gasteiger partial charge in [0.1, 0.15) is 0 Å². The molecule has 0 amide bonds. The molecule has 0 radical (unpaired) electrons. The van der Waals surface area contributed by atoms with E-state index in [2.05, 4.69) is 60.2 Å². The summed E-state index contributed by atoms with van der Waals surface area (Å²) in [5.74, 6) is 2.30. The Morgan fingerprint density at radius 2 is 2.17 bits per heavy atom. The number of piperidine rings is 1. The highest BCUT2D eigenvalue weighted by molar-refractivity contribution is 9.10. The van der Waals surface area contributed by atoms with Crippen LogP contribution in [0.15, 0.2) is 22.7 Å². The Labute approximate surface area is 119 Å². The highest BCUT2D eigenvalue weighted by Crippen LogP contribution is 2.35. The molecule has 1 heterocycles. The van der Waals surface area contributed by atoms with Crippen molar-refractivity contribution in [1.82, 2.24) is 5.32 Å². The maximum atomic E-state index is 3.67. The molecule has 1 fully saturated rings. The number of hydrogen-bond donors (Lipinski definition) is 1. The van der Waals surface area contributed by atoms with Gasteiger partial charge in [0.25, 0.3) is 0 Å². The summed E-state index contributed by atoms with van der Waals surface area (Å²) in [5, 5.41) is 3.55. The number of halogens is 1. The van der Waals surface area contributed by atoms with Crippen LogP contribution in [0.3, 0.4) is 0 Å². The predicted octanol–water partition coefficient (Wildman–Crippen LogP) is 4.50. The van der Waals surface area contributed by atoms with Gasteiger partial charge < -0.3 is 5.32 Å². The van der Waals surface area contributed by atoms with E-state index in [1.54, 1.807) is 0 Å². The minimum absolute atomic E-state index is 0.727. The van der Waals surface area contributed by atoms with Crippen LogP contribution in [-0.2, 0) is 0 Å². The van der Waals surface area contributed by atoms with Crippen LogP contribution >= 0.6 is 15.9 Å². The third-order valence-electron chi connectivity index (χ3n) is 4.01. The van der Waals surface area contributed by atoms with Crippen molar-refractivity contribution in [2.45, 2.75) is 39.5 Å². The lowest BCUT2D eigenvalue weighted by atomic mass is 9.77. The van der Waals surface area contributed by atoms with E-state index >= 15 is 0 Å². The van der Waals surface area contributed by atoms with E-state index in [9.17, 15) is 0 Å². The molecular weight excluding hydrogens is 286 g/mol. The molecule has 1 aliphatic rings. The minimum Gasteiger partial charge on any atom is -0.316 e. The summed E-state index contributed by atoms with van der Waals surface area (Å²) < 4.78 is 1.25. The van der Waals surface area contributed by atoms with Gasteiger partial charge in [-0.1, -0.05) is 41.9 Å². The summed E-state index contributed by atoms with van der Waals surface area (Å²) >= 11 is 3.67. The fraction of sp³-hybridized carbons (Fsp3) is 0.625. The van der Waals surface area contributed by atoms with Gasteiger partial charge in [0.15, 0.2) is 0 Å². The fourth-order valence-electron chi connectivity index (χ4n) is 3.05. The highest BCUT2D eigenvalue weighted by Gasteiger charge is 2.27. The molecule has 2 rings (SSSR count). The van der Waals surface area contributed by atoms with Crippen molar-refractivity contribution in [1.29, 1.82) is 0 Å². The molecule has 0 saturated carbocycles. The van der Waals surface area contributed by atoms with Crippen LogP contribution in [0.25, 0.3) is 0 Å². The Bertz CT molecular complexity index is 400. The first-order valence-corrected chi connectivity index (χ1v) is 7.84. The molecule has 1 saturated heterocycles. The standard InChI is InChI=1S/C16H24BrN/c1-11(2)8-14-10-18-7-6-15(14)13-5-4-12(3)16(17)9-13/h4-5,9,11,14-15,18H,6-8,10H2,1-3H3. The molecule has 0 aromatic heterocycles. The summed E-state index contributed by atoms with van der Waals surface area (Å²) in [6.45, 7) is 9.15. The zero-order valence-electron chi connectivity index (χ0n) is 11.7. The largest absolute Gasteiger partial charge is 0.316 e. The third kappa shape index (κ3) is 3.36. The number of benzene rings is 1. The molecule has 0 aliphatic carbocycles. The van der Waals surface area contributed by atoms with Crippen LogP contribution in [0.5, 0.6) is 0 Å². The smallest absolute Gasteiger partial charge is 0.0207 e. The first kappa shape index (κ1) is 14.1. The number of rotatable bonds is 3. The fourth-order valence-corrected chi connectivity index (χ4v) is 3.45. The summed E-state index contributed by atoms with van der Waals surface area (Å²) in [5.41, 5.74) is 2.84. The average Bonchev–Trinajstić information content (AvgIpc) is 2.33. The molecule has 2 unspecified atom stereocenters. The zero-order chi connectivity index (χ0) is 13.1. The maximum absolute atomic E-state index is 3.67. The van der Waals surface area contributed by atoms with Crippen LogP contribution in [0.4, 0.5) is 0 Å². The molecule has 1 aromatic carbocycles. The topological polar surface area (TPSA) is 12.0 Å². The molecule has 2 atom stereocenters. The van der Waals surface area contributed by atoms with Crippen LogP contribution in [0.1, 0.15) is 43.7 Å². The minimum atomic E-state index is 0.727. The van der Waals surface area contributed by atoms with Gasteiger partial charge in [-0.3, -0.25) is 0 Å². The summed E-state index contributed by atoms with van der Waals surface area (Å²) in [6, 6.07) is 6.90. The molecule has 100 valence electrons. The van der Waals surface area contributed by atoms with Crippen molar-refractivity contribution in [3.63, 3.8) is 0 Å². The summed E-state index contributed by atoms with van der Waals surface area (Å²) in [6.07, 6.45) is 2.59. The maximum Gasteiger partial charge on any atom is 0.0207 e. The predicted molar refractivity (Wildman–Crippen MR) is 82.1 cm³/mol. The summed E-state index contributed by atoms with van der Waals surface area (Å²) in [7, 11) is 0. The Hall–Kier alpha value is -0.340. The van der Waals surface area contributed by atoms with Gasteiger partial charge in [0.05, 0.1) is 0 Å². The van der Waals surface area contributed by atoms with E-state index in [1.165, 1.54) is 35.0 Å². The molecule has 2 heteroatoms. The molecule has 1 N–H and O–H groups in total. The third-order valence-corrected chi connectivity index (χ3v) is 4.86. The molecule has 1 nitrogen and oxygen atoms in total. The molecule has 1 aliphatic heterocycles. The number of hydrogen-bond acceptors (Lipinski definition) is 1. The molecule has 0 spiro atoms. The lowest BCUT2D eigenvalue weighted by Crippen LogP contribution is -2.36. The van der Waals surface area contributed by atoms with Gasteiger partial charge in [0, 0.05) is 4.47 Å².